The van der Waals surface area contributed by atoms with Crippen LogP contribution in [0.5, 0.6) is 11.5 Å². The van der Waals surface area contributed by atoms with Crippen LogP contribution in [-0.2, 0) is 4.79 Å². The molecule has 0 saturated heterocycles. The third-order valence-corrected chi connectivity index (χ3v) is 3.46. The van der Waals surface area contributed by atoms with Crippen molar-refractivity contribution in [3.05, 3.63) is 35.9 Å². The molecule has 0 radical (unpaired) electrons. The fourth-order valence-corrected chi connectivity index (χ4v) is 2.37. The third kappa shape index (κ3) is 5.02. The van der Waals surface area contributed by atoms with Crippen molar-refractivity contribution < 1.29 is 24.2 Å². The van der Waals surface area contributed by atoms with Crippen molar-refractivity contribution in [3.8, 4) is 11.5 Å². The van der Waals surface area contributed by atoms with Crippen LogP contribution in [0.15, 0.2) is 30.4 Å². The molecule has 0 saturated carbocycles. The zero-order valence-corrected chi connectivity index (χ0v) is 13.1. The topological polar surface area (TPSA) is 84.9 Å². The number of ether oxygens (including phenoxy) is 2. The quantitative estimate of drug-likeness (QED) is 0.754. The highest BCUT2D eigenvalue weighted by molar-refractivity contribution is 5.95. The molecule has 0 bridgehead atoms. The Morgan fingerprint density at radius 1 is 1.26 bits per heavy atom. The van der Waals surface area contributed by atoms with E-state index in [4.69, 9.17) is 14.6 Å². The molecule has 0 aliphatic heterocycles. The lowest BCUT2D eigenvalue weighted by Crippen LogP contribution is -2.35. The van der Waals surface area contributed by atoms with Crippen LogP contribution in [-0.4, -0.2) is 36.2 Å². The number of carboxylic acids is 1. The highest BCUT2D eigenvalue weighted by Crippen LogP contribution is 2.28. The van der Waals surface area contributed by atoms with Crippen LogP contribution in [0.25, 0.3) is 0 Å². The fourth-order valence-electron chi connectivity index (χ4n) is 2.37. The molecule has 1 atom stereocenters. The van der Waals surface area contributed by atoms with Gasteiger partial charge in [-0.2, -0.15) is 0 Å². The summed E-state index contributed by atoms with van der Waals surface area (Å²) in [6, 6.07) is 4.89. The maximum atomic E-state index is 12.3. The van der Waals surface area contributed by atoms with Gasteiger partial charge in [-0.15, -0.1) is 0 Å². The Morgan fingerprint density at radius 3 is 2.74 bits per heavy atom. The Labute approximate surface area is 135 Å². The normalized spacial score (nSPS) is 16.7. The molecule has 0 fully saturated rings. The SMILES string of the molecule is CCOc1cc(C(=O)N[C@H]2CC=CCC2)ccc1OCC(=O)O. The summed E-state index contributed by atoms with van der Waals surface area (Å²) >= 11 is 0. The zero-order valence-electron chi connectivity index (χ0n) is 13.1. The smallest absolute Gasteiger partial charge is 0.341 e. The van der Waals surface area contributed by atoms with Crippen molar-refractivity contribution >= 4 is 11.9 Å². The lowest BCUT2D eigenvalue weighted by molar-refractivity contribution is -0.139. The lowest BCUT2D eigenvalue weighted by Gasteiger charge is -2.19. The highest BCUT2D eigenvalue weighted by atomic mass is 16.5. The molecule has 0 spiro atoms. The van der Waals surface area contributed by atoms with Crippen molar-refractivity contribution in [2.24, 2.45) is 0 Å². The second-order valence-corrected chi connectivity index (χ2v) is 5.23. The van der Waals surface area contributed by atoms with Crippen LogP contribution in [0, 0.1) is 0 Å². The van der Waals surface area contributed by atoms with E-state index < -0.39 is 12.6 Å². The number of carboxylic acid groups (broad SMARTS) is 1. The van der Waals surface area contributed by atoms with Gasteiger partial charge in [-0.05, 0) is 44.4 Å². The van der Waals surface area contributed by atoms with E-state index in [1.165, 1.54) is 0 Å². The van der Waals surface area contributed by atoms with Gasteiger partial charge in [0.05, 0.1) is 6.61 Å². The van der Waals surface area contributed by atoms with E-state index in [-0.39, 0.29) is 11.9 Å². The van der Waals surface area contributed by atoms with Gasteiger partial charge in [0.1, 0.15) is 0 Å². The first-order valence-electron chi connectivity index (χ1n) is 7.67. The summed E-state index contributed by atoms with van der Waals surface area (Å²) in [7, 11) is 0. The molecule has 1 aromatic rings. The molecule has 124 valence electrons. The lowest BCUT2D eigenvalue weighted by atomic mass is 10.0. The molecule has 6 heteroatoms. The Kier molecular flexibility index (Phi) is 6.02. The van der Waals surface area contributed by atoms with Crippen LogP contribution in [0.2, 0.25) is 0 Å². The number of hydrogen-bond acceptors (Lipinski definition) is 4. The molecular weight excluding hydrogens is 298 g/mol. The monoisotopic (exact) mass is 319 g/mol. The molecule has 2 N–H and O–H groups in total. The summed E-state index contributed by atoms with van der Waals surface area (Å²) in [6.45, 7) is 1.74. The zero-order chi connectivity index (χ0) is 16.7. The van der Waals surface area contributed by atoms with Gasteiger partial charge in [-0.1, -0.05) is 12.2 Å². The van der Waals surface area contributed by atoms with E-state index in [0.717, 1.165) is 19.3 Å². The standard InChI is InChI=1S/C17H21NO5/c1-2-22-15-10-12(8-9-14(15)23-11-16(19)20)17(21)18-13-6-4-3-5-7-13/h3-4,8-10,13H,2,5-7,11H2,1H3,(H,18,21)(H,19,20)/t13-/m0/s1. The van der Waals surface area contributed by atoms with Gasteiger partial charge in [0, 0.05) is 11.6 Å². The maximum Gasteiger partial charge on any atom is 0.341 e. The minimum Gasteiger partial charge on any atom is -0.490 e. The van der Waals surface area contributed by atoms with Crippen LogP contribution in [0.3, 0.4) is 0 Å². The molecule has 1 aliphatic carbocycles. The van der Waals surface area contributed by atoms with E-state index in [0.29, 0.717) is 23.7 Å². The molecule has 0 aromatic heterocycles. The molecular formula is C17H21NO5. The largest absolute Gasteiger partial charge is 0.490 e. The fraction of sp³-hybridized carbons (Fsp3) is 0.412. The number of rotatable bonds is 7. The summed E-state index contributed by atoms with van der Waals surface area (Å²) in [4.78, 5) is 22.9. The summed E-state index contributed by atoms with van der Waals surface area (Å²) in [6.07, 6.45) is 6.93. The second kappa shape index (κ2) is 8.22. The van der Waals surface area contributed by atoms with Crippen LogP contribution < -0.4 is 14.8 Å². The van der Waals surface area contributed by atoms with E-state index in [1.807, 2.05) is 6.92 Å². The summed E-state index contributed by atoms with van der Waals surface area (Å²) in [5.41, 5.74) is 0.464. The number of nitrogens with one attached hydrogen (secondary N) is 1. The molecule has 23 heavy (non-hydrogen) atoms. The Hall–Kier alpha value is -2.50. The number of aliphatic carboxylic acids is 1. The third-order valence-electron chi connectivity index (χ3n) is 3.46. The number of benzene rings is 1. The summed E-state index contributed by atoms with van der Waals surface area (Å²) < 4.78 is 10.6. The van der Waals surface area contributed by atoms with Gasteiger partial charge in [-0.25, -0.2) is 4.79 Å². The molecule has 1 aromatic carbocycles. The Balaban J connectivity index is 2.08. The van der Waals surface area contributed by atoms with Crippen molar-refractivity contribution in [1.82, 2.24) is 5.32 Å². The van der Waals surface area contributed by atoms with Gasteiger partial charge < -0.3 is 19.9 Å². The average molecular weight is 319 g/mol. The van der Waals surface area contributed by atoms with Crippen LogP contribution in [0.4, 0.5) is 0 Å². The second-order valence-electron chi connectivity index (χ2n) is 5.23. The maximum absolute atomic E-state index is 12.3. The van der Waals surface area contributed by atoms with Gasteiger partial charge in [-0.3, -0.25) is 4.79 Å². The minimum absolute atomic E-state index is 0.144. The van der Waals surface area contributed by atoms with E-state index in [2.05, 4.69) is 17.5 Å². The number of carbonyl (C=O) groups excluding carboxylic acids is 1. The molecule has 1 aliphatic rings. The number of hydrogen-bond donors (Lipinski definition) is 2. The molecule has 1 amide bonds. The Morgan fingerprint density at radius 2 is 2.09 bits per heavy atom. The number of carbonyl (C=O) groups is 2. The van der Waals surface area contributed by atoms with Crippen molar-refractivity contribution in [1.29, 1.82) is 0 Å². The van der Waals surface area contributed by atoms with Gasteiger partial charge in [0.25, 0.3) is 5.91 Å². The number of amides is 1. The summed E-state index contributed by atoms with van der Waals surface area (Å²) in [5.74, 6) is -0.563. The molecule has 2 rings (SSSR count). The van der Waals surface area contributed by atoms with Crippen molar-refractivity contribution in [2.75, 3.05) is 13.2 Å². The van der Waals surface area contributed by atoms with E-state index >= 15 is 0 Å². The van der Waals surface area contributed by atoms with Gasteiger partial charge >= 0.3 is 5.97 Å². The predicted octanol–water partition coefficient (Wildman–Crippen LogP) is 2.39. The van der Waals surface area contributed by atoms with E-state index in [1.54, 1.807) is 18.2 Å². The van der Waals surface area contributed by atoms with E-state index in [9.17, 15) is 9.59 Å². The highest BCUT2D eigenvalue weighted by Gasteiger charge is 2.16. The van der Waals surface area contributed by atoms with Gasteiger partial charge in [0.2, 0.25) is 0 Å². The first-order valence-corrected chi connectivity index (χ1v) is 7.67. The number of allylic oxidation sites excluding steroid dienone is 1. The average Bonchev–Trinajstić information content (AvgIpc) is 2.54. The minimum atomic E-state index is -1.07. The van der Waals surface area contributed by atoms with Crippen LogP contribution in [0.1, 0.15) is 36.5 Å². The first kappa shape index (κ1) is 16.9. The molecule has 0 heterocycles. The van der Waals surface area contributed by atoms with Gasteiger partial charge in [0.15, 0.2) is 18.1 Å². The summed E-state index contributed by atoms with van der Waals surface area (Å²) in [5, 5.41) is 11.7. The predicted molar refractivity (Wildman–Crippen MR) is 85.0 cm³/mol. The molecule has 0 unspecified atom stereocenters. The molecule has 6 nitrogen and oxygen atoms in total. The Bertz CT molecular complexity index is 597. The van der Waals surface area contributed by atoms with Crippen molar-refractivity contribution in [2.45, 2.75) is 32.2 Å². The van der Waals surface area contributed by atoms with Crippen LogP contribution >= 0.6 is 0 Å². The first-order chi connectivity index (χ1) is 11.1. The van der Waals surface area contributed by atoms with Crippen molar-refractivity contribution in [3.63, 3.8) is 0 Å².